The number of likely N-dealkylation sites (N-methyl/N-ethyl adjacent to an activating group) is 1. The van der Waals surface area contributed by atoms with E-state index < -0.39 is 0 Å². The number of rotatable bonds is 6. The van der Waals surface area contributed by atoms with Crippen LogP contribution >= 0.6 is 0 Å². The predicted octanol–water partition coefficient (Wildman–Crippen LogP) is 1.45. The van der Waals surface area contributed by atoms with E-state index in [9.17, 15) is 0 Å². The molecule has 102 valence electrons. The van der Waals surface area contributed by atoms with E-state index in [4.69, 9.17) is 4.52 Å². The van der Waals surface area contributed by atoms with Gasteiger partial charge in [0.1, 0.15) is 0 Å². The van der Waals surface area contributed by atoms with Crippen molar-refractivity contribution < 1.29 is 4.52 Å². The van der Waals surface area contributed by atoms with Crippen LogP contribution in [0.15, 0.2) is 4.52 Å². The maximum atomic E-state index is 5.28. The first-order valence-corrected chi connectivity index (χ1v) is 6.95. The Labute approximate surface area is 109 Å². The molecular weight excluding hydrogens is 228 g/mol. The monoisotopic (exact) mass is 252 g/mol. The number of aromatic nitrogens is 2. The number of hydrogen-bond donors (Lipinski definition) is 1. The molecule has 1 N–H and O–H groups in total. The first-order valence-electron chi connectivity index (χ1n) is 6.95. The van der Waals surface area contributed by atoms with Crippen LogP contribution in [0.5, 0.6) is 0 Å². The molecule has 0 aromatic carbocycles. The van der Waals surface area contributed by atoms with Crippen LogP contribution in [0.3, 0.4) is 0 Å². The highest BCUT2D eigenvalue weighted by molar-refractivity contribution is 4.90. The molecule has 1 saturated heterocycles. The highest BCUT2D eigenvalue weighted by atomic mass is 16.5. The minimum Gasteiger partial charge on any atom is -0.339 e. The molecule has 0 saturated carbocycles. The van der Waals surface area contributed by atoms with Crippen LogP contribution in [-0.2, 0) is 13.0 Å². The molecule has 1 fully saturated rings. The summed E-state index contributed by atoms with van der Waals surface area (Å²) in [5.74, 6) is 2.14. The van der Waals surface area contributed by atoms with Gasteiger partial charge in [0.05, 0.1) is 6.54 Å². The summed E-state index contributed by atoms with van der Waals surface area (Å²) in [6.45, 7) is 10.5. The molecule has 1 aromatic heterocycles. The Hall–Kier alpha value is -0.940. The molecule has 18 heavy (non-hydrogen) atoms. The zero-order valence-electron chi connectivity index (χ0n) is 11.6. The average molecular weight is 252 g/mol. The van der Waals surface area contributed by atoms with Crippen molar-refractivity contribution in [3.63, 3.8) is 0 Å². The Kier molecular flexibility index (Phi) is 4.72. The number of nitrogens with one attached hydrogen (secondary N) is 1. The second kappa shape index (κ2) is 6.29. The fourth-order valence-electron chi connectivity index (χ4n) is 2.42. The van der Waals surface area contributed by atoms with E-state index in [0.717, 1.165) is 44.3 Å². The zero-order valence-corrected chi connectivity index (χ0v) is 11.6. The molecule has 5 heteroatoms. The lowest BCUT2D eigenvalue weighted by atomic mass is 10.1. The third kappa shape index (κ3) is 3.53. The van der Waals surface area contributed by atoms with Gasteiger partial charge in [0.2, 0.25) is 5.89 Å². The Morgan fingerprint density at radius 1 is 1.50 bits per heavy atom. The van der Waals surface area contributed by atoms with Gasteiger partial charge in [-0.2, -0.15) is 4.98 Å². The topological polar surface area (TPSA) is 54.2 Å². The van der Waals surface area contributed by atoms with Crippen molar-refractivity contribution >= 4 is 0 Å². The summed E-state index contributed by atoms with van der Waals surface area (Å²) in [7, 11) is 0. The van der Waals surface area contributed by atoms with Crippen molar-refractivity contribution in [2.45, 2.75) is 46.2 Å². The van der Waals surface area contributed by atoms with Crippen LogP contribution in [0.2, 0.25) is 0 Å². The van der Waals surface area contributed by atoms with Gasteiger partial charge >= 0.3 is 0 Å². The molecule has 0 radical (unpaired) electrons. The van der Waals surface area contributed by atoms with Crippen molar-refractivity contribution in [2.24, 2.45) is 5.92 Å². The maximum absolute atomic E-state index is 5.28. The highest BCUT2D eigenvalue weighted by Gasteiger charge is 2.22. The molecule has 0 aliphatic carbocycles. The summed E-state index contributed by atoms with van der Waals surface area (Å²) >= 11 is 0. The van der Waals surface area contributed by atoms with E-state index in [-0.39, 0.29) is 0 Å². The second-order valence-corrected chi connectivity index (χ2v) is 5.41. The molecule has 1 aromatic rings. The molecule has 0 bridgehead atoms. The fourth-order valence-corrected chi connectivity index (χ4v) is 2.42. The van der Waals surface area contributed by atoms with Crippen LogP contribution in [-0.4, -0.2) is 40.7 Å². The third-order valence-corrected chi connectivity index (χ3v) is 3.39. The molecule has 0 amide bonds. The molecule has 1 aliphatic rings. The van der Waals surface area contributed by atoms with Gasteiger partial charge in [0.15, 0.2) is 5.82 Å². The lowest BCUT2D eigenvalue weighted by Crippen LogP contribution is -2.36. The predicted molar refractivity (Wildman–Crippen MR) is 70.2 cm³/mol. The first kappa shape index (κ1) is 13.5. The lowest BCUT2D eigenvalue weighted by Gasteiger charge is -2.25. The largest absolute Gasteiger partial charge is 0.339 e. The maximum Gasteiger partial charge on any atom is 0.226 e. The van der Waals surface area contributed by atoms with Crippen LogP contribution in [0.4, 0.5) is 0 Å². The fraction of sp³-hybridized carbons (Fsp3) is 0.846. The van der Waals surface area contributed by atoms with E-state index >= 15 is 0 Å². The molecule has 1 aliphatic heterocycles. The Balaban J connectivity index is 1.92. The van der Waals surface area contributed by atoms with Crippen LogP contribution in [0, 0.1) is 5.92 Å². The molecule has 5 nitrogen and oxygen atoms in total. The molecule has 2 rings (SSSR count). The summed E-state index contributed by atoms with van der Waals surface area (Å²) in [4.78, 5) is 6.89. The lowest BCUT2D eigenvalue weighted by molar-refractivity contribution is 0.202. The van der Waals surface area contributed by atoms with Crippen molar-refractivity contribution in [2.75, 3.05) is 19.6 Å². The van der Waals surface area contributed by atoms with E-state index in [1.165, 1.54) is 6.42 Å². The summed E-state index contributed by atoms with van der Waals surface area (Å²) in [5.41, 5.74) is 0. The van der Waals surface area contributed by atoms with Gasteiger partial charge in [-0.05, 0) is 25.4 Å². The second-order valence-electron chi connectivity index (χ2n) is 5.41. The molecule has 1 atom stereocenters. The average Bonchev–Trinajstić information content (AvgIpc) is 2.96. The highest BCUT2D eigenvalue weighted by Crippen LogP contribution is 2.12. The SMILES string of the molecule is CCN(Cc1noc(CC(C)C)n1)C1CCNC1. The number of hydrogen-bond acceptors (Lipinski definition) is 5. The van der Waals surface area contributed by atoms with Gasteiger partial charge in [-0.1, -0.05) is 25.9 Å². The number of nitrogens with zero attached hydrogens (tertiary/aromatic N) is 3. The van der Waals surface area contributed by atoms with Gasteiger partial charge in [-0.3, -0.25) is 4.90 Å². The van der Waals surface area contributed by atoms with E-state index in [2.05, 4.69) is 41.1 Å². The normalized spacial score (nSPS) is 20.2. The minimum absolute atomic E-state index is 0.555. The molecular formula is C13H24N4O. The van der Waals surface area contributed by atoms with Crippen molar-refractivity contribution in [3.05, 3.63) is 11.7 Å². The van der Waals surface area contributed by atoms with Crippen LogP contribution in [0.1, 0.15) is 38.9 Å². The minimum atomic E-state index is 0.555. The Morgan fingerprint density at radius 3 is 2.94 bits per heavy atom. The van der Waals surface area contributed by atoms with Gasteiger partial charge in [0, 0.05) is 19.0 Å². The third-order valence-electron chi connectivity index (χ3n) is 3.39. The molecule has 0 spiro atoms. The van der Waals surface area contributed by atoms with Crippen LogP contribution in [0.25, 0.3) is 0 Å². The van der Waals surface area contributed by atoms with Crippen molar-refractivity contribution in [3.8, 4) is 0 Å². The van der Waals surface area contributed by atoms with Gasteiger partial charge in [-0.25, -0.2) is 0 Å². The van der Waals surface area contributed by atoms with Gasteiger partial charge < -0.3 is 9.84 Å². The van der Waals surface area contributed by atoms with Crippen molar-refractivity contribution in [1.82, 2.24) is 20.4 Å². The van der Waals surface area contributed by atoms with E-state index in [1.54, 1.807) is 0 Å². The molecule has 1 unspecified atom stereocenters. The van der Waals surface area contributed by atoms with Crippen molar-refractivity contribution in [1.29, 1.82) is 0 Å². The summed E-state index contributed by atoms with van der Waals surface area (Å²) in [6, 6.07) is 0.613. The Bertz CT molecular complexity index is 358. The quantitative estimate of drug-likeness (QED) is 0.830. The summed E-state index contributed by atoms with van der Waals surface area (Å²) < 4.78 is 5.28. The Morgan fingerprint density at radius 2 is 2.33 bits per heavy atom. The summed E-state index contributed by atoms with van der Waals surface area (Å²) in [5, 5.41) is 7.48. The van der Waals surface area contributed by atoms with E-state index in [0.29, 0.717) is 12.0 Å². The summed E-state index contributed by atoms with van der Waals surface area (Å²) in [6.07, 6.45) is 2.08. The van der Waals surface area contributed by atoms with E-state index in [1.807, 2.05) is 0 Å². The zero-order chi connectivity index (χ0) is 13.0. The standard InChI is InChI=1S/C13H24N4O/c1-4-17(11-5-6-14-8-11)9-12-15-13(18-16-12)7-10(2)3/h10-11,14H,4-9H2,1-3H3. The van der Waals surface area contributed by atoms with Crippen LogP contribution < -0.4 is 5.32 Å². The smallest absolute Gasteiger partial charge is 0.226 e. The first-order chi connectivity index (χ1) is 8.69. The molecule has 2 heterocycles. The van der Waals surface area contributed by atoms with Gasteiger partial charge in [0.25, 0.3) is 0 Å². The van der Waals surface area contributed by atoms with Gasteiger partial charge in [-0.15, -0.1) is 0 Å².